The number of nitrogens with zero attached hydrogens (tertiary/aromatic N) is 1. The summed E-state index contributed by atoms with van der Waals surface area (Å²) in [5, 5.41) is 0. The lowest BCUT2D eigenvalue weighted by atomic mass is 10.3. The number of hydrogen-bond acceptors (Lipinski definition) is 2. The molecule has 1 amide bonds. The highest BCUT2D eigenvalue weighted by Crippen LogP contribution is 2.06. The van der Waals surface area contributed by atoms with Crippen LogP contribution in [0.4, 0.5) is 0 Å². The third-order valence-electron chi connectivity index (χ3n) is 1.85. The first-order chi connectivity index (χ1) is 5.24. The standard InChI is InChI=1S/C8H14N2O/c1-2-3-8(11)10-5-4-7(9)6-10/h2-3,7H,4-6,9H2,1H3/b3-2+. The number of carbonyl (C=O) groups excluding carboxylic acids is 1. The zero-order chi connectivity index (χ0) is 8.27. The van der Waals surface area contributed by atoms with Crippen LogP contribution >= 0.6 is 0 Å². The first-order valence-corrected chi connectivity index (χ1v) is 3.91. The zero-order valence-electron chi connectivity index (χ0n) is 6.79. The van der Waals surface area contributed by atoms with Gasteiger partial charge in [-0.15, -0.1) is 0 Å². The molecule has 2 N–H and O–H groups in total. The molecule has 11 heavy (non-hydrogen) atoms. The Morgan fingerprint density at radius 2 is 2.45 bits per heavy atom. The average Bonchev–Trinajstić information content (AvgIpc) is 2.36. The topological polar surface area (TPSA) is 46.3 Å². The van der Waals surface area contributed by atoms with Crippen LogP contribution in [-0.4, -0.2) is 29.9 Å². The van der Waals surface area contributed by atoms with E-state index >= 15 is 0 Å². The predicted octanol–water partition coefficient (Wildman–Crippen LogP) is 0.122. The summed E-state index contributed by atoms with van der Waals surface area (Å²) >= 11 is 0. The molecule has 1 aliphatic rings. The van der Waals surface area contributed by atoms with E-state index in [1.165, 1.54) is 0 Å². The molecule has 0 aliphatic carbocycles. The van der Waals surface area contributed by atoms with E-state index in [1.807, 2.05) is 6.92 Å². The lowest BCUT2D eigenvalue weighted by Gasteiger charge is -2.12. The van der Waals surface area contributed by atoms with Gasteiger partial charge >= 0.3 is 0 Å². The highest BCUT2D eigenvalue weighted by Gasteiger charge is 2.21. The summed E-state index contributed by atoms with van der Waals surface area (Å²) in [4.78, 5) is 13.0. The van der Waals surface area contributed by atoms with Gasteiger partial charge in [0.05, 0.1) is 0 Å². The molecular formula is C8H14N2O. The molecule has 1 unspecified atom stereocenters. The molecule has 0 bridgehead atoms. The van der Waals surface area contributed by atoms with Crippen LogP contribution in [-0.2, 0) is 4.79 Å². The Hall–Kier alpha value is -0.830. The highest BCUT2D eigenvalue weighted by molar-refractivity contribution is 5.87. The highest BCUT2D eigenvalue weighted by atomic mass is 16.2. The summed E-state index contributed by atoms with van der Waals surface area (Å²) in [6.45, 7) is 3.36. The Morgan fingerprint density at radius 1 is 1.73 bits per heavy atom. The minimum atomic E-state index is 0.0838. The molecule has 0 aromatic carbocycles. The van der Waals surface area contributed by atoms with Crippen LogP contribution in [0.1, 0.15) is 13.3 Å². The smallest absolute Gasteiger partial charge is 0.246 e. The van der Waals surface area contributed by atoms with Crippen molar-refractivity contribution in [1.82, 2.24) is 4.90 Å². The van der Waals surface area contributed by atoms with Crippen molar-refractivity contribution >= 4 is 5.91 Å². The van der Waals surface area contributed by atoms with E-state index in [0.29, 0.717) is 6.54 Å². The number of carbonyl (C=O) groups is 1. The van der Waals surface area contributed by atoms with Crippen LogP contribution < -0.4 is 5.73 Å². The Balaban J connectivity index is 2.43. The predicted molar refractivity (Wildman–Crippen MR) is 44.0 cm³/mol. The van der Waals surface area contributed by atoms with Gasteiger partial charge in [-0.3, -0.25) is 4.79 Å². The van der Waals surface area contributed by atoms with Crippen molar-refractivity contribution in [2.24, 2.45) is 5.73 Å². The van der Waals surface area contributed by atoms with E-state index in [4.69, 9.17) is 5.73 Å². The van der Waals surface area contributed by atoms with Crippen LogP contribution in [0.2, 0.25) is 0 Å². The van der Waals surface area contributed by atoms with E-state index in [0.717, 1.165) is 13.0 Å². The van der Waals surface area contributed by atoms with Crippen molar-refractivity contribution in [2.75, 3.05) is 13.1 Å². The first kappa shape index (κ1) is 8.27. The Morgan fingerprint density at radius 3 is 2.91 bits per heavy atom. The SMILES string of the molecule is C/C=C/C(=O)N1CCC(N)C1. The molecule has 1 fully saturated rings. The van der Waals surface area contributed by atoms with Crippen molar-refractivity contribution in [2.45, 2.75) is 19.4 Å². The number of allylic oxidation sites excluding steroid dienone is 1. The number of rotatable bonds is 1. The van der Waals surface area contributed by atoms with E-state index in [2.05, 4.69) is 0 Å². The van der Waals surface area contributed by atoms with E-state index in [1.54, 1.807) is 17.1 Å². The fourth-order valence-electron chi connectivity index (χ4n) is 1.24. The quantitative estimate of drug-likeness (QED) is 0.545. The van der Waals surface area contributed by atoms with Crippen molar-refractivity contribution in [3.63, 3.8) is 0 Å². The molecule has 0 aromatic rings. The summed E-state index contributed by atoms with van der Waals surface area (Å²) in [6.07, 6.45) is 4.27. The Bertz CT molecular complexity index is 177. The molecule has 1 atom stereocenters. The van der Waals surface area contributed by atoms with Crippen molar-refractivity contribution < 1.29 is 4.79 Å². The van der Waals surface area contributed by atoms with Gasteiger partial charge in [0.1, 0.15) is 0 Å². The van der Waals surface area contributed by atoms with Gasteiger partial charge in [-0.2, -0.15) is 0 Å². The second-order valence-electron chi connectivity index (χ2n) is 2.83. The van der Waals surface area contributed by atoms with Crippen molar-refractivity contribution in [3.05, 3.63) is 12.2 Å². The largest absolute Gasteiger partial charge is 0.338 e. The molecule has 0 aromatic heterocycles. The van der Waals surface area contributed by atoms with Gasteiger partial charge in [0.2, 0.25) is 5.91 Å². The van der Waals surface area contributed by atoms with Gasteiger partial charge in [0.25, 0.3) is 0 Å². The third kappa shape index (κ3) is 2.05. The molecule has 1 aliphatic heterocycles. The van der Waals surface area contributed by atoms with Gasteiger partial charge in [-0.05, 0) is 19.4 Å². The van der Waals surface area contributed by atoms with Gasteiger partial charge in [-0.25, -0.2) is 0 Å². The van der Waals surface area contributed by atoms with Crippen LogP contribution in [0.25, 0.3) is 0 Å². The number of likely N-dealkylation sites (tertiary alicyclic amines) is 1. The summed E-state index contributed by atoms with van der Waals surface area (Å²) in [6, 6.07) is 0.184. The van der Waals surface area contributed by atoms with E-state index in [9.17, 15) is 4.79 Å². The van der Waals surface area contributed by atoms with E-state index < -0.39 is 0 Å². The maximum atomic E-state index is 11.2. The van der Waals surface area contributed by atoms with Crippen LogP contribution in [0.15, 0.2) is 12.2 Å². The molecule has 0 spiro atoms. The first-order valence-electron chi connectivity index (χ1n) is 3.91. The number of hydrogen-bond donors (Lipinski definition) is 1. The monoisotopic (exact) mass is 154 g/mol. The lowest BCUT2D eigenvalue weighted by molar-refractivity contribution is -0.125. The van der Waals surface area contributed by atoms with Gasteiger partial charge < -0.3 is 10.6 Å². The molecular weight excluding hydrogens is 140 g/mol. The van der Waals surface area contributed by atoms with Gasteiger partial charge in [-0.1, -0.05) is 6.08 Å². The molecule has 62 valence electrons. The Labute approximate surface area is 66.9 Å². The van der Waals surface area contributed by atoms with E-state index in [-0.39, 0.29) is 11.9 Å². The zero-order valence-corrected chi connectivity index (χ0v) is 6.79. The van der Waals surface area contributed by atoms with Crippen LogP contribution in [0, 0.1) is 0 Å². The second-order valence-corrected chi connectivity index (χ2v) is 2.83. The Kier molecular flexibility index (Phi) is 2.65. The lowest BCUT2D eigenvalue weighted by Crippen LogP contribution is -2.30. The molecule has 1 heterocycles. The summed E-state index contributed by atoms with van der Waals surface area (Å²) < 4.78 is 0. The number of amides is 1. The van der Waals surface area contributed by atoms with Crippen LogP contribution in [0.3, 0.4) is 0 Å². The third-order valence-corrected chi connectivity index (χ3v) is 1.85. The molecule has 3 heteroatoms. The average molecular weight is 154 g/mol. The molecule has 1 rings (SSSR count). The van der Waals surface area contributed by atoms with Crippen molar-refractivity contribution in [1.29, 1.82) is 0 Å². The summed E-state index contributed by atoms with van der Waals surface area (Å²) in [5.41, 5.74) is 5.64. The molecule has 0 saturated carbocycles. The molecule has 1 saturated heterocycles. The maximum absolute atomic E-state index is 11.2. The van der Waals surface area contributed by atoms with Crippen molar-refractivity contribution in [3.8, 4) is 0 Å². The fourth-order valence-corrected chi connectivity index (χ4v) is 1.24. The summed E-state index contributed by atoms with van der Waals surface area (Å²) in [5.74, 6) is 0.0838. The van der Waals surface area contributed by atoms with Crippen LogP contribution in [0.5, 0.6) is 0 Å². The fraction of sp³-hybridized carbons (Fsp3) is 0.625. The molecule has 0 radical (unpaired) electrons. The molecule has 3 nitrogen and oxygen atoms in total. The van der Waals surface area contributed by atoms with Gasteiger partial charge in [0.15, 0.2) is 0 Å². The maximum Gasteiger partial charge on any atom is 0.246 e. The second kappa shape index (κ2) is 3.53. The normalized spacial score (nSPS) is 24.9. The summed E-state index contributed by atoms with van der Waals surface area (Å²) in [7, 11) is 0. The van der Waals surface area contributed by atoms with Gasteiger partial charge in [0, 0.05) is 19.1 Å². The minimum Gasteiger partial charge on any atom is -0.338 e. The minimum absolute atomic E-state index is 0.0838. The number of nitrogens with two attached hydrogens (primary N) is 1.